The van der Waals surface area contributed by atoms with Crippen molar-refractivity contribution in [1.82, 2.24) is 15.2 Å². The molecule has 2 heterocycles. The fourth-order valence-electron chi connectivity index (χ4n) is 1.83. The summed E-state index contributed by atoms with van der Waals surface area (Å²) in [6, 6.07) is 8.43. The van der Waals surface area contributed by atoms with Gasteiger partial charge >= 0.3 is 6.03 Å². The number of nitriles is 1. The van der Waals surface area contributed by atoms with E-state index in [1.165, 1.54) is 23.5 Å². The van der Waals surface area contributed by atoms with Gasteiger partial charge in [0.1, 0.15) is 16.9 Å². The van der Waals surface area contributed by atoms with Crippen LogP contribution in [0.5, 0.6) is 0 Å². The molecule has 0 aliphatic heterocycles. The minimum absolute atomic E-state index is 0.149. The van der Waals surface area contributed by atoms with Gasteiger partial charge in [0.15, 0.2) is 0 Å². The van der Waals surface area contributed by atoms with Crippen LogP contribution < -0.4 is 10.6 Å². The molecule has 0 aliphatic carbocycles. The molecule has 9 heteroatoms. The van der Waals surface area contributed by atoms with Crippen molar-refractivity contribution in [3.8, 4) is 16.6 Å². The van der Waals surface area contributed by atoms with Crippen LogP contribution in [0.15, 0.2) is 42.7 Å². The van der Waals surface area contributed by atoms with Gasteiger partial charge in [-0.3, -0.25) is 10.3 Å². The molecule has 2 N–H and O–H groups in total. The minimum atomic E-state index is -0.644. The van der Waals surface area contributed by atoms with Gasteiger partial charge in [0.2, 0.25) is 5.13 Å². The predicted molar refractivity (Wildman–Crippen MR) is 86.9 cm³/mol. The maximum absolute atomic E-state index is 13.2. The van der Waals surface area contributed by atoms with Gasteiger partial charge in [0, 0.05) is 23.6 Å². The lowest BCUT2D eigenvalue weighted by molar-refractivity contribution is 0.262. The smallest absolute Gasteiger partial charge is 0.308 e. The van der Waals surface area contributed by atoms with Gasteiger partial charge < -0.3 is 5.32 Å². The van der Waals surface area contributed by atoms with Gasteiger partial charge in [-0.1, -0.05) is 11.3 Å². The molecule has 7 nitrogen and oxygen atoms in total. The summed E-state index contributed by atoms with van der Waals surface area (Å²) in [6.07, 6.45) is 3.27. The highest BCUT2D eigenvalue weighted by Crippen LogP contribution is 2.25. The summed E-state index contributed by atoms with van der Waals surface area (Å²) in [4.78, 5) is 15.9. The normalized spacial score (nSPS) is 10.0. The van der Waals surface area contributed by atoms with Crippen molar-refractivity contribution >= 4 is 28.2 Å². The third kappa shape index (κ3) is 3.50. The summed E-state index contributed by atoms with van der Waals surface area (Å²) < 4.78 is 13.2. The van der Waals surface area contributed by atoms with Crippen molar-refractivity contribution in [3.63, 3.8) is 0 Å². The van der Waals surface area contributed by atoms with Crippen LogP contribution in [0, 0.1) is 17.1 Å². The number of carbonyl (C=O) groups is 1. The third-order valence-electron chi connectivity index (χ3n) is 2.92. The van der Waals surface area contributed by atoms with Crippen molar-refractivity contribution < 1.29 is 9.18 Å². The Kier molecular flexibility index (Phi) is 4.40. The number of pyridine rings is 1. The number of nitrogens with zero attached hydrogens (tertiary/aromatic N) is 4. The lowest BCUT2D eigenvalue weighted by Gasteiger charge is -2.05. The highest BCUT2D eigenvalue weighted by Gasteiger charge is 2.10. The van der Waals surface area contributed by atoms with E-state index in [9.17, 15) is 9.18 Å². The van der Waals surface area contributed by atoms with E-state index in [2.05, 4.69) is 25.8 Å². The van der Waals surface area contributed by atoms with Crippen LogP contribution in [0.3, 0.4) is 0 Å². The molecule has 2 aromatic heterocycles. The van der Waals surface area contributed by atoms with E-state index < -0.39 is 11.8 Å². The zero-order valence-electron chi connectivity index (χ0n) is 12.0. The van der Waals surface area contributed by atoms with E-state index in [1.54, 1.807) is 30.6 Å². The van der Waals surface area contributed by atoms with Gasteiger partial charge in [0.05, 0.1) is 5.56 Å². The summed E-state index contributed by atoms with van der Waals surface area (Å²) in [5.41, 5.74) is 0.987. The Bertz CT molecular complexity index is 921. The first-order valence-electron chi connectivity index (χ1n) is 6.67. The lowest BCUT2D eigenvalue weighted by atomic mass is 10.2. The monoisotopic (exact) mass is 340 g/mol. The lowest BCUT2D eigenvalue weighted by Crippen LogP contribution is -2.19. The standard InChI is InChI=1S/C15H9FN6OS/c16-12-2-1-11(7-10(12)8-17)19-14(23)20-15-22-21-13(24-15)9-3-5-18-6-4-9/h1-7H,(H2,19,20,22,23). The highest BCUT2D eigenvalue weighted by molar-refractivity contribution is 7.18. The molecule has 0 spiro atoms. The fourth-order valence-corrected chi connectivity index (χ4v) is 2.58. The molecule has 0 saturated carbocycles. The second-order valence-corrected chi connectivity index (χ2v) is 5.51. The van der Waals surface area contributed by atoms with Crippen molar-refractivity contribution in [2.45, 2.75) is 0 Å². The van der Waals surface area contributed by atoms with E-state index in [-0.39, 0.29) is 5.56 Å². The predicted octanol–water partition coefficient (Wildman–Crippen LogP) is 3.25. The molecule has 0 fully saturated rings. The topological polar surface area (TPSA) is 104 Å². The molecule has 1 aromatic carbocycles. The molecule has 0 unspecified atom stereocenters. The maximum Gasteiger partial charge on any atom is 0.325 e. The van der Waals surface area contributed by atoms with Gasteiger partial charge in [-0.25, -0.2) is 9.18 Å². The Labute approximate surface area is 139 Å². The first-order chi connectivity index (χ1) is 11.7. The van der Waals surface area contributed by atoms with Crippen LogP contribution in [0.25, 0.3) is 10.6 Å². The fraction of sp³-hybridized carbons (Fsp3) is 0. The Balaban J connectivity index is 1.68. The average molecular weight is 340 g/mol. The van der Waals surface area contributed by atoms with Crippen molar-refractivity contribution in [3.05, 3.63) is 54.1 Å². The van der Waals surface area contributed by atoms with E-state index in [0.717, 1.165) is 11.6 Å². The SMILES string of the molecule is N#Cc1cc(NC(=O)Nc2nnc(-c3ccncc3)s2)ccc1F. The highest BCUT2D eigenvalue weighted by atomic mass is 32.1. The largest absolute Gasteiger partial charge is 0.325 e. The number of urea groups is 1. The van der Waals surface area contributed by atoms with Crippen molar-refractivity contribution in [2.24, 2.45) is 0 Å². The van der Waals surface area contributed by atoms with Crippen LogP contribution >= 0.6 is 11.3 Å². The number of nitrogens with one attached hydrogen (secondary N) is 2. The first kappa shape index (κ1) is 15.5. The van der Waals surface area contributed by atoms with Crippen LogP contribution in [0.1, 0.15) is 5.56 Å². The number of halogens is 1. The molecule has 3 aromatic rings. The summed E-state index contributed by atoms with van der Waals surface area (Å²) in [7, 11) is 0. The number of carbonyl (C=O) groups excluding carboxylic acids is 1. The van der Waals surface area contributed by atoms with E-state index >= 15 is 0 Å². The molecular formula is C15H9FN6OS. The van der Waals surface area contributed by atoms with Crippen molar-refractivity contribution in [2.75, 3.05) is 10.6 Å². The Morgan fingerprint density at radius 1 is 1.17 bits per heavy atom. The van der Waals surface area contributed by atoms with E-state index in [0.29, 0.717) is 15.8 Å². The summed E-state index contributed by atoms with van der Waals surface area (Å²) in [6.45, 7) is 0. The van der Waals surface area contributed by atoms with Gasteiger partial charge in [-0.05, 0) is 30.3 Å². The Morgan fingerprint density at radius 3 is 2.71 bits per heavy atom. The maximum atomic E-state index is 13.2. The number of hydrogen-bond donors (Lipinski definition) is 2. The molecule has 3 rings (SSSR count). The summed E-state index contributed by atoms with van der Waals surface area (Å²) in [5.74, 6) is -0.644. The number of rotatable bonds is 3. The van der Waals surface area contributed by atoms with Gasteiger partial charge in [0.25, 0.3) is 0 Å². The molecule has 0 aliphatic rings. The molecular weight excluding hydrogens is 331 g/mol. The molecule has 118 valence electrons. The van der Waals surface area contributed by atoms with Crippen LogP contribution in [0.4, 0.5) is 20.0 Å². The van der Waals surface area contributed by atoms with E-state index in [4.69, 9.17) is 5.26 Å². The molecule has 0 saturated heterocycles. The average Bonchev–Trinajstić information content (AvgIpc) is 3.05. The molecule has 24 heavy (non-hydrogen) atoms. The Morgan fingerprint density at radius 2 is 1.96 bits per heavy atom. The summed E-state index contributed by atoms with van der Waals surface area (Å²) >= 11 is 1.20. The molecule has 2 amide bonds. The second kappa shape index (κ2) is 6.80. The number of benzene rings is 1. The number of aromatic nitrogens is 3. The van der Waals surface area contributed by atoms with Crippen LogP contribution in [0.2, 0.25) is 0 Å². The third-order valence-corrected chi connectivity index (χ3v) is 3.81. The molecule has 0 radical (unpaired) electrons. The number of hydrogen-bond acceptors (Lipinski definition) is 6. The van der Waals surface area contributed by atoms with Crippen LogP contribution in [-0.2, 0) is 0 Å². The summed E-state index contributed by atoms with van der Waals surface area (Å²) in [5, 5.41) is 22.6. The second-order valence-electron chi connectivity index (χ2n) is 4.53. The van der Waals surface area contributed by atoms with E-state index in [1.807, 2.05) is 0 Å². The molecule has 0 bridgehead atoms. The number of anilines is 2. The van der Waals surface area contributed by atoms with Gasteiger partial charge in [-0.2, -0.15) is 5.26 Å². The van der Waals surface area contributed by atoms with Crippen molar-refractivity contribution in [1.29, 1.82) is 5.26 Å². The van der Waals surface area contributed by atoms with Crippen LogP contribution in [-0.4, -0.2) is 21.2 Å². The Hall–Kier alpha value is -3.38. The zero-order valence-corrected chi connectivity index (χ0v) is 12.8. The quantitative estimate of drug-likeness (QED) is 0.761. The van der Waals surface area contributed by atoms with Gasteiger partial charge in [-0.15, -0.1) is 10.2 Å². The first-order valence-corrected chi connectivity index (χ1v) is 7.49. The molecule has 0 atom stereocenters. The minimum Gasteiger partial charge on any atom is -0.308 e. The zero-order chi connectivity index (χ0) is 16.9. The number of amides is 2.